The number of hydrogen-bond donors (Lipinski definition) is 1. The third-order valence-corrected chi connectivity index (χ3v) is 1.40. The van der Waals surface area contributed by atoms with E-state index in [0.717, 1.165) is 6.07 Å². The summed E-state index contributed by atoms with van der Waals surface area (Å²) in [5.41, 5.74) is 0.186. The van der Waals surface area contributed by atoms with Crippen LogP contribution in [-0.4, -0.2) is 10.2 Å². The van der Waals surface area contributed by atoms with Gasteiger partial charge in [0.25, 0.3) is 0 Å². The second-order valence-electron chi connectivity index (χ2n) is 2.15. The Morgan fingerprint density at radius 2 is 2.18 bits per heavy atom. The quantitative estimate of drug-likeness (QED) is 0.612. The maximum Gasteiger partial charge on any atom is 0.151 e. The normalized spacial score (nSPS) is 10.7. The number of hydrogen-bond acceptors (Lipinski definition) is 1. The number of H-pyrrole nitrogens is 1. The number of fused-ring (bicyclic) bond motifs is 1. The molecular weight excluding hydrogens is 150 g/mol. The van der Waals surface area contributed by atoms with E-state index in [4.69, 9.17) is 0 Å². The van der Waals surface area contributed by atoms with Crippen molar-refractivity contribution >= 4 is 10.9 Å². The number of rotatable bonds is 0. The van der Waals surface area contributed by atoms with Gasteiger partial charge in [0.05, 0.1) is 0 Å². The summed E-state index contributed by atoms with van der Waals surface area (Å²) in [5, 5.41) is 6.14. The van der Waals surface area contributed by atoms with E-state index in [1.807, 2.05) is 0 Å². The van der Waals surface area contributed by atoms with E-state index in [0.29, 0.717) is 5.39 Å². The first-order valence-corrected chi connectivity index (χ1v) is 2.98. The predicted molar refractivity (Wildman–Crippen MR) is 34.8 cm³/mol. The van der Waals surface area contributed by atoms with Gasteiger partial charge in [-0.25, -0.2) is 8.78 Å². The molecule has 11 heavy (non-hydrogen) atoms. The molecule has 1 aromatic heterocycles. The first kappa shape index (κ1) is 6.27. The van der Waals surface area contributed by atoms with Gasteiger partial charge in [-0.1, -0.05) is 0 Å². The minimum absolute atomic E-state index is 0.186. The Hall–Kier alpha value is -1.45. The van der Waals surface area contributed by atoms with E-state index in [-0.39, 0.29) is 5.52 Å². The fraction of sp³-hybridized carbons (Fsp3) is 0. The van der Waals surface area contributed by atoms with Crippen LogP contribution >= 0.6 is 0 Å². The summed E-state index contributed by atoms with van der Waals surface area (Å²) >= 11 is 0. The summed E-state index contributed by atoms with van der Waals surface area (Å²) in [7, 11) is 0. The van der Waals surface area contributed by atoms with Crippen LogP contribution in [0.1, 0.15) is 0 Å². The number of halogens is 2. The molecule has 0 aliphatic rings. The number of aromatic amines is 1. The van der Waals surface area contributed by atoms with Gasteiger partial charge >= 0.3 is 0 Å². The third-order valence-electron chi connectivity index (χ3n) is 1.40. The summed E-state index contributed by atoms with van der Waals surface area (Å²) in [6.45, 7) is 0. The zero-order valence-electron chi connectivity index (χ0n) is 5.36. The summed E-state index contributed by atoms with van der Waals surface area (Å²) in [4.78, 5) is 0. The van der Waals surface area contributed by atoms with Gasteiger partial charge in [0.2, 0.25) is 0 Å². The molecule has 1 aromatic carbocycles. The molecule has 0 unspecified atom stereocenters. The van der Waals surface area contributed by atoms with Crippen molar-refractivity contribution < 1.29 is 8.78 Å². The van der Waals surface area contributed by atoms with Gasteiger partial charge in [0, 0.05) is 11.5 Å². The molecule has 0 bridgehead atoms. The van der Waals surface area contributed by atoms with Gasteiger partial charge in [-0.15, -0.1) is 0 Å². The molecule has 0 fully saturated rings. The zero-order valence-corrected chi connectivity index (χ0v) is 5.36. The Balaban J connectivity index is 2.91. The van der Waals surface area contributed by atoms with Crippen LogP contribution in [-0.2, 0) is 0 Å². The van der Waals surface area contributed by atoms with Gasteiger partial charge < -0.3 is 0 Å². The molecule has 1 N–H and O–H groups in total. The summed E-state index contributed by atoms with van der Waals surface area (Å²) in [6, 6.07) is 1.97. The lowest BCUT2D eigenvalue weighted by atomic mass is 10.2. The molecule has 0 atom stereocenters. The van der Waals surface area contributed by atoms with Crippen LogP contribution in [0.5, 0.6) is 0 Å². The average molecular weight is 153 g/mol. The van der Waals surface area contributed by atoms with Crippen LogP contribution in [0.3, 0.4) is 0 Å². The van der Waals surface area contributed by atoms with Crippen molar-refractivity contribution in [3.05, 3.63) is 30.0 Å². The fourth-order valence-corrected chi connectivity index (χ4v) is 0.919. The van der Waals surface area contributed by atoms with E-state index in [1.54, 1.807) is 0 Å². The predicted octanol–water partition coefficient (Wildman–Crippen LogP) is 1.64. The van der Waals surface area contributed by atoms with Crippen molar-refractivity contribution in [2.45, 2.75) is 0 Å². The fourth-order valence-electron chi connectivity index (χ4n) is 0.919. The lowest BCUT2D eigenvalue weighted by molar-refractivity contribution is 0.590. The molecule has 0 saturated carbocycles. The molecular formula is C7H3F2N2. The molecule has 0 aliphatic heterocycles. The van der Waals surface area contributed by atoms with Crippen LogP contribution in [0.25, 0.3) is 10.9 Å². The molecule has 1 heterocycles. The SMILES string of the molecule is Fc1cc(F)c2[nH]n[c]c2c1. The first-order chi connectivity index (χ1) is 5.27. The molecule has 4 heteroatoms. The number of aromatic nitrogens is 2. The van der Waals surface area contributed by atoms with Crippen molar-refractivity contribution in [2.24, 2.45) is 0 Å². The highest BCUT2D eigenvalue weighted by Crippen LogP contribution is 2.15. The topological polar surface area (TPSA) is 28.7 Å². The van der Waals surface area contributed by atoms with E-state index in [2.05, 4.69) is 16.4 Å². The highest BCUT2D eigenvalue weighted by Gasteiger charge is 2.04. The van der Waals surface area contributed by atoms with Crippen molar-refractivity contribution in [2.75, 3.05) is 0 Å². The van der Waals surface area contributed by atoms with Crippen molar-refractivity contribution in [1.29, 1.82) is 0 Å². The first-order valence-electron chi connectivity index (χ1n) is 2.98. The minimum Gasteiger partial charge on any atom is -0.274 e. The van der Waals surface area contributed by atoms with Gasteiger partial charge in [0.15, 0.2) is 5.82 Å². The minimum atomic E-state index is -0.645. The standard InChI is InChI=1S/C7H3F2N2/c8-5-1-4-3-10-11-7(4)6(9)2-5/h1-2H,(H,10,11). The summed E-state index contributed by atoms with van der Waals surface area (Å²) < 4.78 is 25.2. The number of nitrogens with zero attached hydrogens (tertiary/aromatic N) is 1. The van der Waals surface area contributed by atoms with Gasteiger partial charge in [0.1, 0.15) is 17.5 Å². The Labute approximate surface area is 60.8 Å². The second-order valence-corrected chi connectivity index (χ2v) is 2.15. The highest BCUT2D eigenvalue weighted by atomic mass is 19.1. The van der Waals surface area contributed by atoms with E-state index >= 15 is 0 Å². The van der Waals surface area contributed by atoms with Gasteiger partial charge in [-0.2, -0.15) is 5.10 Å². The summed E-state index contributed by atoms with van der Waals surface area (Å²) in [5.74, 6) is -1.26. The molecule has 0 aliphatic carbocycles. The Morgan fingerprint density at radius 1 is 1.36 bits per heavy atom. The molecule has 55 valence electrons. The molecule has 0 spiro atoms. The molecule has 2 rings (SSSR count). The average Bonchev–Trinajstić information content (AvgIpc) is 2.34. The van der Waals surface area contributed by atoms with Crippen LogP contribution in [0, 0.1) is 17.8 Å². The summed E-state index contributed by atoms with van der Waals surface area (Å²) in [6.07, 6.45) is 2.42. The maximum atomic E-state index is 12.7. The number of nitrogens with one attached hydrogen (secondary N) is 1. The van der Waals surface area contributed by atoms with Gasteiger partial charge in [-0.05, 0) is 6.07 Å². The van der Waals surface area contributed by atoms with Crippen LogP contribution < -0.4 is 0 Å². The molecule has 2 nitrogen and oxygen atoms in total. The lowest BCUT2D eigenvalue weighted by Crippen LogP contribution is -1.80. The monoisotopic (exact) mass is 153 g/mol. The Kier molecular flexibility index (Phi) is 1.15. The molecule has 0 saturated heterocycles. The largest absolute Gasteiger partial charge is 0.274 e. The molecule has 0 amide bonds. The molecule has 2 aromatic rings. The van der Waals surface area contributed by atoms with Crippen molar-refractivity contribution in [1.82, 2.24) is 10.2 Å². The third kappa shape index (κ3) is 0.869. The van der Waals surface area contributed by atoms with Gasteiger partial charge in [-0.3, -0.25) is 5.10 Å². The molecule has 1 radical (unpaired) electrons. The van der Waals surface area contributed by atoms with Crippen molar-refractivity contribution in [3.63, 3.8) is 0 Å². The number of benzene rings is 1. The smallest absolute Gasteiger partial charge is 0.151 e. The second kappa shape index (κ2) is 2.02. The Bertz CT molecular complexity index is 394. The van der Waals surface area contributed by atoms with Crippen LogP contribution in [0.2, 0.25) is 0 Å². The Morgan fingerprint density at radius 3 is 3.00 bits per heavy atom. The van der Waals surface area contributed by atoms with E-state index in [1.165, 1.54) is 6.07 Å². The van der Waals surface area contributed by atoms with Crippen LogP contribution in [0.15, 0.2) is 12.1 Å². The highest BCUT2D eigenvalue weighted by molar-refractivity contribution is 5.77. The zero-order chi connectivity index (χ0) is 7.84. The lowest BCUT2D eigenvalue weighted by Gasteiger charge is -1.90. The van der Waals surface area contributed by atoms with Crippen LogP contribution in [0.4, 0.5) is 8.78 Å². The van der Waals surface area contributed by atoms with Crippen molar-refractivity contribution in [3.8, 4) is 0 Å². The van der Waals surface area contributed by atoms with E-state index < -0.39 is 11.6 Å². The van der Waals surface area contributed by atoms with E-state index in [9.17, 15) is 8.78 Å². The maximum absolute atomic E-state index is 12.7.